The van der Waals surface area contributed by atoms with Crippen LogP contribution in [-0.2, 0) is 47.4 Å². The van der Waals surface area contributed by atoms with Crippen molar-refractivity contribution in [2.45, 2.75) is 68.3 Å². The summed E-state index contributed by atoms with van der Waals surface area (Å²) in [5.74, 6) is -6.57. The van der Waals surface area contributed by atoms with Crippen LogP contribution in [0.5, 0.6) is 0 Å². The first-order valence-corrected chi connectivity index (χ1v) is 28.6. The number of thiocarbonyl (C=S) groups is 1. The smallest absolute Gasteiger partial charge is 0.338 e. The van der Waals surface area contributed by atoms with Crippen LogP contribution in [-0.4, -0.2) is 121 Å². The van der Waals surface area contributed by atoms with E-state index in [0.717, 1.165) is 5.56 Å². The normalized spacial score (nSPS) is 21.0. The van der Waals surface area contributed by atoms with Gasteiger partial charge in [0.2, 0.25) is 0 Å². The molecular formula is C69H58N2O17S. The summed E-state index contributed by atoms with van der Waals surface area (Å²) in [6, 6.07) is 62.2. The second kappa shape index (κ2) is 29.8. The molecule has 0 spiro atoms. The first kappa shape index (κ1) is 61.7. The molecule has 8 aromatic rings. The molecule has 10 atom stereocenters. The Morgan fingerprint density at radius 1 is 0.360 bits per heavy atom. The molecule has 8 aromatic carbocycles. The highest BCUT2D eigenvalue weighted by Gasteiger charge is 2.58. The number of carbonyl (C=O) groups excluding carboxylic acids is 7. The van der Waals surface area contributed by atoms with E-state index in [1.54, 1.807) is 140 Å². The molecular weight excluding hydrogens is 1160 g/mol. The van der Waals surface area contributed by atoms with Crippen molar-refractivity contribution in [3.8, 4) is 0 Å². The lowest BCUT2D eigenvalue weighted by atomic mass is 9.95. The van der Waals surface area contributed by atoms with Gasteiger partial charge in [-0.3, -0.25) is 0 Å². The molecule has 2 fully saturated rings. The third kappa shape index (κ3) is 16.2. The molecule has 0 radical (unpaired) electrons. The molecule has 89 heavy (non-hydrogen) atoms. The number of esters is 7. The highest BCUT2D eigenvalue weighted by Crippen LogP contribution is 2.37. The molecule has 19 nitrogen and oxygen atoms in total. The van der Waals surface area contributed by atoms with Crippen LogP contribution in [0.3, 0.4) is 0 Å². The van der Waals surface area contributed by atoms with Gasteiger partial charge < -0.3 is 58.0 Å². The van der Waals surface area contributed by atoms with Crippen molar-refractivity contribution in [2.24, 2.45) is 0 Å². The van der Waals surface area contributed by atoms with E-state index in [0.29, 0.717) is 5.69 Å². The lowest BCUT2D eigenvalue weighted by Gasteiger charge is -2.49. The number of hydrogen-bond donors (Lipinski definition) is 2. The Balaban J connectivity index is 1.14. The van der Waals surface area contributed by atoms with Gasteiger partial charge in [-0.25, -0.2) is 33.6 Å². The zero-order chi connectivity index (χ0) is 62.1. The van der Waals surface area contributed by atoms with Crippen molar-refractivity contribution in [1.82, 2.24) is 5.32 Å². The van der Waals surface area contributed by atoms with Gasteiger partial charge in [-0.2, -0.15) is 0 Å². The number of hydrogen-bond acceptors (Lipinski definition) is 18. The predicted octanol–water partition coefficient (Wildman–Crippen LogP) is 9.96. The summed E-state index contributed by atoms with van der Waals surface area (Å²) in [6.07, 6.45) is -18.2. The Labute approximate surface area is 516 Å². The minimum absolute atomic E-state index is 0.00507. The van der Waals surface area contributed by atoms with Crippen molar-refractivity contribution in [3.05, 3.63) is 281 Å². The van der Waals surface area contributed by atoms with Gasteiger partial charge in [0.05, 0.1) is 38.9 Å². The quantitative estimate of drug-likeness (QED) is 0.0410. The lowest BCUT2D eigenvalue weighted by Crippen LogP contribution is -2.69. The summed E-state index contributed by atoms with van der Waals surface area (Å²) in [6.45, 7) is 0.448. The average molecular weight is 1220 g/mol. The second-order valence-electron chi connectivity index (χ2n) is 20.3. The fraction of sp³-hybridized carbons (Fsp3) is 0.188. The third-order valence-corrected chi connectivity index (χ3v) is 14.4. The van der Waals surface area contributed by atoms with Gasteiger partial charge in [-0.1, -0.05) is 145 Å². The Kier molecular flexibility index (Phi) is 20.7. The summed E-state index contributed by atoms with van der Waals surface area (Å²) in [7, 11) is 0. The standard InChI is InChI=1S/C69H58N2O17S/c1-43-37-39-51(40-38-43)70-69(89)71-60-58(86-66(77)49-33-19-7-20-34-49)56(84-64(75)47-29-15-5-16-30-47)55(52(81-60)41-79-61(72)44-23-9-2-10-24-44)88-68-59(87-67(78)50-35-21-8-22-36-50)57(85-65(76)48-31-17-6-18-32-48)54(83-63(74)46-27-13-4-14-28-46)53(82-68)42-80-62(73)45-25-11-3-12-26-45/h2-40,52-60,68H,41-42H2,1H3,(H2,70,71,89)/t52-,53-,54-,55-,56+,57+,58-,59-,60-,68-/m1/s1. The minimum atomic E-state index is -2.08. The first-order chi connectivity index (χ1) is 43.3. The van der Waals surface area contributed by atoms with Crippen LogP contribution >= 0.6 is 12.2 Å². The minimum Gasteiger partial charge on any atom is -0.459 e. The molecule has 2 saturated heterocycles. The molecule has 2 aliphatic rings. The van der Waals surface area contributed by atoms with E-state index in [4.69, 9.17) is 59.6 Å². The molecule has 2 N–H and O–H groups in total. The number of anilines is 1. The number of benzene rings is 8. The number of carbonyl (C=O) groups is 7. The molecule has 2 heterocycles. The predicted molar refractivity (Wildman–Crippen MR) is 324 cm³/mol. The van der Waals surface area contributed by atoms with Crippen LogP contribution in [0.2, 0.25) is 0 Å². The van der Waals surface area contributed by atoms with E-state index in [1.165, 1.54) is 84.9 Å². The van der Waals surface area contributed by atoms with Gasteiger partial charge in [0.25, 0.3) is 0 Å². The molecule has 20 heteroatoms. The molecule has 0 aromatic heterocycles. The van der Waals surface area contributed by atoms with Crippen molar-refractivity contribution >= 4 is 64.8 Å². The highest BCUT2D eigenvalue weighted by molar-refractivity contribution is 7.80. The third-order valence-electron chi connectivity index (χ3n) is 14.1. The topological polar surface area (TPSA) is 236 Å². The fourth-order valence-electron chi connectivity index (χ4n) is 9.66. The monoisotopic (exact) mass is 1220 g/mol. The van der Waals surface area contributed by atoms with Gasteiger partial charge >= 0.3 is 41.8 Å². The number of rotatable bonds is 20. The molecule has 10 rings (SSSR count). The molecule has 0 unspecified atom stereocenters. The second-order valence-corrected chi connectivity index (χ2v) is 20.7. The van der Waals surface area contributed by atoms with Gasteiger partial charge in [-0.05, 0) is 116 Å². The lowest BCUT2D eigenvalue weighted by molar-refractivity contribution is -0.339. The van der Waals surface area contributed by atoms with Crippen LogP contribution < -0.4 is 10.6 Å². The van der Waals surface area contributed by atoms with Crippen molar-refractivity contribution in [3.63, 3.8) is 0 Å². The maximum atomic E-state index is 14.8. The zero-order valence-electron chi connectivity index (χ0n) is 47.6. The van der Waals surface area contributed by atoms with Gasteiger partial charge in [-0.15, -0.1) is 0 Å². The van der Waals surface area contributed by atoms with E-state index < -0.39 is 116 Å². The average Bonchev–Trinajstić information content (AvgIpc) is 1.05. The maximum Gasteiger partial charge on any atom is 0.338 e. The van der Waals surface area contributed by atoms with E-state index in [2.05, 4.69) is 10.6 Å². The molecule has 0 bridgehead atoms. The summed E-state index contributed by atoms with van der Waals surface area (Å²) in [5.41, 5.74) is 1.90. The van der Waals surface area contributed by atoms with Gasteiger partial charge in [0, 0.05) is 5.69 Å². The summed E-state index contributed by atoms with van der Waals surface area (Å²) in [4.78, 5) is 101. The Bertz CT molecular complexity index is 3710. The van der Waals surface area contributed by atoms with Gasteiger partial charge in [0.1, 0.15) is 31.5 Å². The number of ether oxygens (including phenoxy) is 10. The molecule has 0 aliphatic carbocycles. The van der Waals surface area contributed by atoms with E-state index in [1.807, 2.05) is 19.1 Å². The molecule has 2 aliphatic heterocycles. The largest absolute Gasteiger partial charge is 0.459 e. The van der Waals surface area contributed by atoms with Crippen molar-refractivity contribution in [2.75, 3.05) is 18.5 Å². The van der Waals surface area contributed by atoms with Crippen LogP contribution in [0.25, 0.3) is 0 Å². The molecule has 0 saturated carbocycles. The van der Waals surface area contributed by atoms with E-state index >= 15 is 0 Å². The summed E-state index contributed by atoms with van der Waals surface area (Å²) >= 11 is 5.87. The molecule has 0 amide bonds. The van der Waals surface area contributed by atoms with E-state index in [-0.39, 0.29) is 44.1 Å². The van der Waals surface area contributed by atoms with Crippen molar-refractivity contribution < 1.29 is 80.9 Å². The van der Waals surface area contributed by atoms with Crippen LogP contribution in [0.1, 0.15) is 78.1 Å². The first-order valence-electron chi connectivity index (χ1n) is 28.2. The summed E-state index contributed by atoms with van der Waals surface area (Å²) < 4.78 is 64.6. The number of aryl methyl sites for hydroxylation is 1. The van der Waals surface area contributed by atoms with Crippen LogP contribution in [0.4, 0.5) is 5.69 Å². The van der Waals surface area contributed by atoms with Crippen molar-refractivity contribution in [1.29, 1.82) is 0 Å². The Hall–Kier alpha value is -10.4. The fourth-order valence-corrected chi connectivity index (χ4v) is 9.90. The number of nitrogens with one attached hydrogen (secondary N) is 2. The SMILES string of the molecule is Cc1ccc(NC(=S)N[C@@H]2O[C@H](COC(=O)c3ccccc3)[C@@H](O[C@H]3O[C@H](COC(=O)c4ccccc4)[C@@H](OC(=O)c4ccccc4)[C@H](OC(=O)c4ccccc4)[C@H]3OC(=O)c3ccccc3)[C@H](OC(=O)c3ccccc3)[C@H]2OC(=O)c2ccccc2)cc1. The Morgan fingerprint density at radius 3 is 1.03 bits per heavy atom. The highest BCUT2D eigenvalue weighted by atomic mass is 32.1. The van der Waals surface area contributed by atoms with Crippen LogP contribution in [0, 0.1) is 6.92 Å². The maximum absolute atomic E-state index is 14.8. The molecule has 452 valence electrons. The van der Waals surface area contributed by atoms with Crippen LogP contribution in [0.15, 0.2) is 237 Å². The zero-order valence-corrected chi connectivity index (χ0v) is 48.4. The summed E-state index contributed by atoms with van der Waals surface area (Å²) in [5, 5.41) is 6.09. The van der Waals surface area contributed by atoms with Gasteiger partial charge in [0.15, 0.2) is 48.2 Å². The van der Waals surface area contributed by atoms with E-state index in [9.17, 15) is 33.6 Å². The Morgan fingerprint density at radius 2 is 0.663 bits per heavy atom.